The summed E-state index contributed by atoms with van der Waals surface area (Å²) >= 11 is 0. The van der Waals surface area contributed by atoms with Gasteiger partial charge in [-0.15, -0.1) is 0 Å². The highest BCUT2D eigenvalue weighted by Crippen LogP contribution is 2.42. The minimum Gasteiger partial charge on any atom is -0.316 e. The maximum Gasteiger partial charge on any atom is 0.0458 e. The van der Waals surface area contributed by atoms with Crippen molar-refractivity contribution >= 4 is 0 Å². The van der Waals surface area contributed by atoms with Gasteiger partial charge in [0.25, 0.3) is 0 Å². The predicted octanol–water partition coefficient (Wildman–Crippen LogP) is 1.90. The van der Waals surface area contributed by atoms with Crippen molar-refractivity contribution in [2.75, 3.05) is 19.6 Å². The van der Waals surface area contributed by atoms with Gasteiger partial charge in [-0.05, 0) is 55.4 Å². The molecule has 0 aromatic heterocycles. The van der Waals surface area contributed by atoms with Crippen LogP contribution in [0.5, 0.6) is 0 Å². The second-order valence-corrected chi connectivity index (χ2v) is 5.40. The van der Waals surface area contributed by atoms with E-state index in [2.05, 4.69) is 34.6 Å². The lowest BCUT2D eigenvalue weighted by atomic mass is 9.67. The first-order valence-corrected chi connectivity index (χ1v) is 6.51. The number of nitrogens with zero attached hydrogens (tertiary/aromatic N) is 1. The van der Waals surface area contributed by atoms with Gasteiger partial charge in [-0.1, -0.05) is 24.3 Å². The van der Waals surface area contributed by atoms with Gasteiger partial charge in [-0.3, -0.25) is 0 Å². The van der Waals surface area contributed by atoms with Crippen LogP contribution in [-0.2, 0) is 12.0 Å². The fraction of sp³-hybridized carbons (Fsp3) is 0.571. The van der Waals surface area contributed by atoms with Gasteiger partial charge in [0.2, 0.25) is 0 Å². The molecule has 0 radical (unpaired) electrons. The number of benzene rings is 1. The van der Waals surface area contributed by atoms with Crippen LogP contribution in [0.2, 0.25) is 0 Å². The van der Waals surface area contributed by atoms with Crippen LogP contribution < -0.4 is 5.48 Å². The van der Waals surface area contributed by atoms with E-state index in [9.17, 15) is 0 Å². The lowest BCUT2D eigenvalue weighted by molar-refractivity contribution is 0.0817. The molecule has 0 unspecified atom stereocenters. The lowest BCUT2D eigenvalue weighted by Crippen LogP contribution is -2.50. The van der Waals surface area contributed by atoms with Crippen molar-refractivity contribution in [1.29, 1.82) is 0 Å². The molecule has 0 saturated carbocycles. The van der Waals surface area contributed by atoms with Crippen LogP contribution in [0.3, 0.4) is 0 Å². The van der Waals surface area contributed by atoms with Gasteiger partial charge in [0, 0.05) is 6.54 Å². The molecule has 3 heteroatoms. The van der Waals surface area contributed by atoms with Crippen LogP contribution in [0, 0.1) is 0 Å². The summed E-state index contributed by atoms with van der Waals surface area (Å²) in [4.78, 5) is 2.58. The number of fused-ring (bicyclic) bond motifs is 3. The first kappa shape index (κ1) is 11.2. The topological polar surface area (TPSA) is 35.5 Å². The summed E-state index contributed by atoms with van der Waals surface area (Å²) in [5, 5.41) is 8.69. The lowest BCUT2D eigenvalue weighted by Gasteiger charge is -2.49. The van der Waals surface area contributed by atoms with Gasteiger partial charge < -0.3 is 10.1 Å². The normalized spacial score (nSPS) is 31.7. The highest BCUT2D eigenvalue weighted by Gasteiger charge is 2.40. The molecule has 3 aliphatic heterocycles. The van der Waals surface area contributed by atoms with E-state index in [1.54, 1.807) is 0 Å². The van der Waals surface area contributed by atoms with E-state index in [0.717, 1.165) is 5.56 Å². The largest absolute Gasteiger partial charge is 0.316 e. The molecule has 3 fully saturated rings. The summed E-state index contributed by atoms with van der Waals surface area (Å²) in [7, 11) is 0. The van der Waals surface area contributed by atoms with Crippen LogP contribution in [0.1, 0.15) is 30.4 Å². The van der Waals surface area contributed by atoms with Crippen molar-refractivity contribution in [3.8, 4) is 0 Å². The van der Waals surface area contributed by atoms with Crippen molar-refractivity contribution in [3.63, 3.8) is 0 Å². The molecule has 1 aromatic rings. The summed E-state index contributed by atoms with van der Waals surface area (Å²) in [5.74, 6) is 0. The van der Waals surface area contributed by atoms with E-state index >= 15 is 0 Å². The molecule has 4 rings (SSSR count). The minimum absolute atomic E-state index is 0.444. The molecule has 1 aromatic carbocycles. The molecule has 0 aliphatic carbocycles. The van der Waals surface area contributed by atoms with Crippen molar-refractivity contribution in [2.45, 2.75) is 31.2 Å². The Bertz CT molecular complexity index is 366. The van der Waals surface area contributed by atoms with Crippen molar-refractivity contribution in [1.82, 2.24) is 10.4 Å². The SMILES string of the molecule is ONCc1ccc(C23CCN(CC2)CC3)cc1. The number of hydrogen-bond acceptors (Lipinski definition) is 3. The molecular weight excluding hydrogens is 212 g/mol. The second kappa shape index (κ2) is 4.41. The number of piperidine rings is 3. The van der Waals surface area contributed by atoms with E-state index in [1.165, 1.54) is 44.5 Å². The number of hydrogen-bond donors (Lipinski definition) is 2. The highest BCUT2D eigenvalue weighted by molar-refractivity contribution is 5.31. The molecule has 3 saturated heterocycles. The van der Waals surface area contributed by atoms with Gasteiger partial charge in [-0.25, -0.2) is 5.48 Å². The van der Waals surface area contributed by atoms with E-state index in [0.29, 0.717) is 12.0 Å². The summed E-state index contributed by atoms with van der Waals surface area (Å²) < 4.78 is 0. The Morgan fingerprint density at radius 3 is 2.18 bits per heavy atom. The Morgan fingerprint density at radius 1 is 1.06 bits per heavy atom. The van der Waals surface area contributed by atoms with Crippen LogP contribution in [0.25, 0.3) is 0 Å². The van der Waals surface area contributed by atoms with Gasteiger partial charge in [0.15, 0.2) is 0 Å². The molecule has 17 heavy (non-hydrogen) atoms. The fourth-order valence-electron chi connectivity index (χ4n) is 3.33. The quantitative estimate of drug-likeness (QED) is 0.781. The molecule has 3 nitrogen and oxygen atoms in total. The molecule has 2 N–H and O–H groups in total. The third-order valence-corrected chi connectivity index (χ3v) is 4.57. The van der Waals surface area contributed by atoms with Crippen molar-refractivity contribution < 1.29 is 5.21 Å². The second-order valence-electron chi connectivity index (χ2n) is 5.40. The van der Waals surface area contributed by atoms with E-state index < -0.39 is 0 Å². The van der Waals surface area contributed by atoms with E-state index in [1.807, 2.05) is 0 Å². The number of hydroxylamine groups is 1. The Hall–Kier alpha value is -0.900. The average molecular weight is 232 g/mol. The first-order valence-electron chi connectivity index (χ1n) is 6.51. The monoisotopic (exact) mass is 232 g/mol. The Kier molecular flexibility index (Phi) is 2.90. The summed E-state index contributed by atoms with van der Waals surface area (Å²) in [5.41, 5.74) is 5.29. The van der Waals surface area contributed by atoms with E-state index in [-0.39, 0.29) is 0 Å². The first-order chi connectivity index (χ1) is 8.32. The minimum atomic E-state index is 0.444. The van der Waals surface area contributed by atoms with Crippen LogP contribution in [-0.4, -0.2) is 29.7 Å². The molecule has 2 bridgehead atoms. The maximum absolute atomic E-state index is 8.69. The van der Waals surface area contributed by atoms with Gasteiger partial charge >= 0.3 is 0 Å². The average Bonchev–Trinajstić information content (AvgIpc) is 2.42. The molecular formula is C14H20N2O. The summed E-state index contributed by atoms with van der Waals surface area (Å²) in [6.45, 7) is 4.32. The zero-order valence-corrected chi connectivity index (χ0v) is 10.2. The maximum atomic E-state index is 8.69. The highest BCUT2D eigenvalue weighted by atomic mass is 16.5. The fourth-order valence-corrected chi connectivity index (χ4v) is 3.33. The summed E-state index contributed by atoms with van der Waals surface area (Å²) in [6, 6.07) is 8.78. The third-order valence-electron chi connectivity index (χ3n) is 4.57. The molecule has 92 valence electrons. The zero-order valence-electron chi connectivity index (χ0n) is 10.2. The molecule has 0 amide bonds. The van der Waals surface area contributed by atoms with Gasteiger partial charge in [-0.2, -0.15) is 0 Å². The van der Waals surface area contributed by atoms with Crippen LogP contribution >= 0.6 is 0 Å². The number of rotatable bonds is 3. The van der Waals surface area contributed by atoms with Crippen LogP contribution in [0.4, 0.5) is 0 Å². The zero-order chi connectivity index (χ0) is 11.7. The molecule has 3 aliphatic rings. The Morgan fingerprint density at radius 2 is 1.65 bits per heavy atom. The third kappa shape index (κ3) is 1.99. The van der Waals surface area contributed by atoms with E-state index in [4.69, 9.17) is 5.21 Å². The molecule has 0 spiro atoms. The van der Waals surface area contributed by atoms with Gasteiger partial charge in [0.05, 0.1) is 0 Å². The van der Waals surface area contributed by atoms with Crippen LogP contribution in [0.15, 0.2) is 24.3 Å². The summed E-state index contributed by atoms with van der Waals surface area (Å²) in [6.07, 6.45) is 3.93. The molecule has 0 atom stereocenters. The Balaban J connectivity index is 1.82. The van der Waals surface area contributed by atoms with Gasteiger partial charge in [0.1, 0.15) is 0 Å². The van der Waals surface area contributed by atoms with Crippen molar-refractivity contribution in [3.05, 3.63) is 35.4 Å². The smallest absolute Gasteiger partial charge is 0.0458 e. The Labute approximate surface area is 102 Å². The number of nitrogens with one attached hydrogen (secondary N) is 1. The predicted molar refractivity (Wildman–Crippen MR) is 67.0 cm³/mol. The standard InChI is InChI=1S/C14H20N2O/c17-15-11-12-1-3-13(4-2-12)14-5-8-16(9-6-14)10-7-14/h1-4,15,17H,5-11H2. The van der Waals surface area contributed by atoms with Crippen molar-refractivity contribution in [2.24, 2.45) is 0 Å². The molecule has 3 heterocycles.